The molecule has 1 N–H and O–H groups in total. The van der Waals surface area contributed by atoms with E-state index in [9.17, 15) is 14.4 Å². The lowest BCUT2D eigenvalue weighted by atomic mass is 9.86. The first kappa shape index (κ1) is 29.5. The third-order valence-corrected chi connectivity index (χ3v) is 6.42. The molecule has 0 heterocycles. The second-order valence-corrected chi connectivity index (χ2v) is 8.70. The van der Waals surface area contributed by atoms with Gasteiger partial charge in [-0.3, -0.25) is 14.4 Å². The molecule has 37 heavy (non-hydrogen) atoms. The van der Waals surface area contributed by atoms with Gasteiger partial charge < -0.3 is 19.3 Å². The van der Waals surface area contributed by atoms with Crippen molar-refractivity contribution in [1.29, 1.82) is 0 Å². The van der Waals surface area contributed by atoms with Crippen LogP contribution >= 0.6 is 0 Å². The number of esters is 3. The average Bonchev–Trinajstić information content (AvgIpc) is 2.93. The van der Waals surface area contributed by atoms with Crippen LogP contribution in [-0.2, 0) is 35.2 Å². The van der Waals surface area contributed by atoms with E-state index in [0.29, 0.717) is 6.42 Å². The minimum atomic E-state index is -0.718. The molecule has 198 valence electrons. The number of benzene rings is 3. The number of fused-ring (bicyclic) bond motifs is 2. The first-order chi connectivity index (χ1) is 17.9. The fraction of sp³-hybridized carbons (Fsp3) is 0.367. The summed E-state index contributed by atoms with van der Waals surface area (Å²) >= 11 is 0. The number of hydrogen-bond donors (Lipinski definition) is 1. The Hall–Kier alpha value is -3.71. The van der Waals surface area contributed by atoms with E-state index in [1.54, 1.807) is 13.8 Å². The highest BCUT2D eigenvalue weighted by Gasteiger charge is 2.31. The molecule has 3 rings (SSSR count). The van der Waals surface area contributed by atoms with Crippen LogP contribution in [-0.4, -0.2) is 36.9 Å². The summed E-state index contributed by atoms with van der Waals surface area (Å²) in [5.74, 6) is -3.37. The Bertz CT molecular complexity index is 1150. The zero-order valence-corrected chi connectivity index (χ0v) is 21.8. The van der Waals surface area contributed by atoms with Crippen LogP contribution in [0.3, 0.4) is 0 Å². The molecule has 0 amide bonds. The summed E-state index contributed by atoms with van der Waals surface area (Å²) in [6.07, 6.45) is 0.762. The second kappa shape index (κ2) is 14.8. The van der Waals surface area contributed by atoms with E-state index in [2.05, 4.69) is 19.2 Å². The molecule has 0 spiro atoms. The third kappa shape index (κ3) is 7.64. The molecule has 3 atom stereocenters. The van der Waals surface area contributed by atoms with Gasteiger partial charge in [-0.1, -0.05) is 62.4 Å². The van der Waals surface area contributed by atoms with Crippen LogP contribution in [0.15, 0.2) is 67.8 Å². The van der Waals surface area contributed by atoms with Gasteiger partial charge in [0.25, 0.3) is 0 Å². The summed E-state index contributed by atoms with van der Waals surface area (Å²) in [6.45, 7) is 8.88. The Labute approximate surface area is 218 Å². The minimum Gasteiger partial charge on any atom is -0.469 e. The Morgan fingerprint density at radius 3 is 1.92 bits per heavy atom. The lowest BCUT2D eigenvalue weighted by Crippen LogP contribution is -2.28. The zero-order chi connectivity index (χ0) is 27.4. The Morgan fingerprint density at radius 1 is 0.838 bits per heavy atom. The van der Waals surface area contributed by atoms with Gasteiger partial charge in [-0.2, -0.15) is 0 Å². The van der Waals surface area contributed by atoms with E-state index in [1.165, 1.54) is 7.11 Å². The van der Waals surface area contributed by atoms with Crippen LogP contribution in [0.5, 0.6) is 0 Å². The molecule has 0 aromatic heterocycles. The Balaban J connectivity index is 0.00000235. The molecular formula is C30H36O7. The largest absolute Gasteiger partial charge is 0.469 e. The van der Waals surface area contributed by atoms with Crippen molar-refractivity contribution in [2.45, 2.75) is 39.7 Å². The third-order valence-electron chi connectivity index (χ3n) is 6.42. The van der Waals surface area contributed by atoms with E-state index in [0.717, 1.165) is 27.1 Å². The van der Waals surface area contributed by atoms with Crippen LogP contribution < -0.4 is 0 Å². The number of methoxy groups -OCH3 is 1. The van der Waals surface area contributed by atoms with Crippen molar-refractivity contribution in [3.63, 3.8) is 0 Å². The van der Waals surface area contributed by atoms with Gasteiger partial charge in [0.2, 0.25) is 0 Å². The van der Waals surface area contributed by atoms with Crippen LogP contribution in [0.2, 0.25) is 0 Å². The average molecular weight is 509 g/mol. The van der Waals surface area contributed by atoms with Crippen LogP contribution in [0.4, 0.5) is 0 Å². The quantitative estimate of drug-likeness (QED) is 0.119. The summed E-state index contributed by atoms with van der Waals surface area (Å²) in [5, 5.41) is 13.1. The molecule has 0 saturated heterocycles. The van der Waals surface area contributed by atoms with E-state index >= 15 is 0 Å². The van der Waals surface area contributed by atoms with Gasteiger partial charge in [-0.05, 0) is 46.9 Å². The van der Waals surface area contributed by atoms with Crippen molar-refractivity contribution in [3.05, 3.63) is 73.3 Å². The number of ether oxygens (including phenoxy) is 3. The maximum Gasteiger partial charge on any atom is 0.311 e. The van der Waals surface area contributed by atoms with Gasteiger partial charge in [0, 0.05) is 5.56 Å². The number of hydrogen-bond acceptors (Lipinski definition) is 7. The highest BCUT2D eigenvalue weighted by molar-refractivity contribution is 6.02. The SMILES string of the molecule is C=C.CCC(CC(CC(C)C(=O)OCc1c2ccccc2cc2ccccc12)C(=O)OC)C(=O)OCO. The van der Waals surface area contributed by atoms with Crippen LogP contribution in [0.1, 0.15) is 38.7 Å². The zero-order valence-electron chi connectivity index (χ0n) is 21.8. The number of carbonyl (C=O) groups excluding carboxylic acids is 3. The molecule has 0 bridgehead atoms. The molecular weight excluding hydrogens is 472 g/mol. The van der Waals surface area contributed by atoms with Crippen molar-refractivity contribution in [3.8, 4) is 0 Å². The fourth-order valence-corrected chi connectivity index (χ4v) is 4.48. The normalized spacial score (nSPS) is 13.1. The smallest absolute Gasteiger partial charge is 0.311 e. The number of aliphatic hydroxyl groups excluding tert-OH is 1. The van der Waals surface area contributed by atoms with Gasteiger partial charge in [-0.15, -0.1) is 13.2 Å². The Morgan fingerprint density at radius 2 is 1.41 bits per heavy atom. The van der Waals surface area contributed by atoms with E-state index in [1.807, 2.05) is 48.5 Å². The van der Waals surface area contributed by atoms with E-state index in [-0.39, 0.29) is 19.4 Å². The predicted molar refractivity (Wildman–Crippen MR) is 143 cm³/mol. The molecule has 0 aliphatic rings. The molecule has 0 fully saturated rings. The van der Waals surface area contributed by atoms with Crippen molar-refractivity contribution in [1.82, 2.24) is 0 Å². The molecule has 0 aliphatic heterocycles. The summed E-state index contributed by atoms with van der Waals surface area (Å²) in [7, 11) is 1.27. The standard InChI is InChI=1S/C28H32O7.C2H4/c1-4-19(28(32)35-17-29)14-22(27(31)33-3)13-18(2)26(30)34-16-25-23-11-7-5-9-20(23)15-21-10-6-8-12-24(21)25;1-2/h5-12,15,18-19,22,29H,4,13-14,16-17H2,1-3H3;1-2H2. The number of carbonyl (C=O) groups is 3. The molecule has 3 aromatic rings. The molecule has 7 nitrogen and oxygen atoms in total. The molecule has 0 saturated carbocycles. The first-order valence-corrected chi connectivity index (χ1v) is 12.3. The number of aliphatic hydroxyl groups is 1. The van der Waals surface area contributed by atoms with Crippen LogP contribution in [0.25, 0.3) is 21.5 Å². The monoisotopic (exact) mass is 508 g/mol. The van der Waals surface area contributed by atoms with Gasteiger partial charge >= 0.3 is 17.9 Å². The van der Waals surface area contributed by atoms with Gasteiger partial charge in [0.05, 0.1) is 24.9 Å². The highest BCUT2D eigenvalue weighted by Crippen LogP contribution is 2.30. The molecule has 3 unspecified atom stereocenters. The summed E-state index contributed by atoms with van der Waals surface area (Å²) in [4.78, 5) is 37.4. The molecule has 7 heteroatoms. The lowest BCUT2D eigenvalue weighted by molar-refractivity contribution is -0.158. The van der Waals surface area contributed by atoms with E-state index in [4.69, 9.17) is 19.3 Å². The highest BCUT2D eigenvalue weighted by atomic mass is 16.6. The molecule has 0 aliphatic carbocycles. The fourth-order valence-electron chi connectivity index (χ4n) is 4.48. The lowest BCUT2D eigenvalue weighted by Gasteiger charge is -2.22. The van der Waals surface area contributed by atoms with Gasteiger partial charge in [0.15, 0.2) is 6.79 Å². The molecule has 0 radical (unpaired) electrons. The van der Waals surface area contributed by atoms with Crippen molar-refractivity contribution in [2.75, 3.05) is 13.9 Å². The summed E-state index contributed by atoms with van der Waals surface area (Å²) in [5.41, 5.74) is 0.932. The summed E-state index contributed by atoms with van der Waals surface area (Å²) < 4.78 is 15.3. The molecule has 3 aromatic carbocycles. The van der Waals surface area contributed by atoms with Crippen LogP contribution in [0, 0.1) is 17.8 Å². The minimum absolute atomic E-state index is 0.105. The second-order valence-electron chi connectivity index (χ2n) is 8.70. The topological polar surface area (TPSA) is 99.1 Å². The van der Waals surface area contributed by atoms with Crippen molar-refractivity contribution >= 4 is 39.5 Å². The first-order valence-electron chi connectivity index (χ1n) is 12.3. The van der Waals surface area contributed by atoms with Crippen molar-refractivity contribution in [2.24, 2.45) is 17.8 Å². The maximum absolute atomic E-state index is 12.9. The van der Waals surface area contributed by atoms with Gasteiger partial charge in [-0.25, -0.2) is 0 Å². The number of rotatable bonds is 11. The maximum atomic E-state index is 12.9. The predicted octanol–water partition coefficient (Wildman–Crippen LogP) is 5.56. The van der Waals surface area contributed by atoms with Gasteiger partial charge in [0.1, 0.15) is 6.61 Å². The van der Waals surface area contributed by atoms with Crippen molar-refractivity contribution < 1.29 is 33.7 Å². The summed E-state index contributed by atoms with van der Waals surface area (Å²) in [6, 6.07) is 18.1. The van der Waals surface area contributed by atoms with E-state index < -0.39 is 42.5 Å². The Kier molecular flexibility index (Phi) is 11.8.